The van der Waals surface area contributed by atoms with Crippen molar-refractivity contribution in [1.82, 2.24) is 9.80 Å². The van der Waals surface area contributed by atoms with Crippen LogP contribution >= 0.6 is 11.3 Å². The number of ether oxygens (including phenoxy) is 3. The predicted molar refractivity (Wildman–Crippen MR) is 107 cm³/mol. The molecule has 0 saturated carbocycles. The van der Waals surface area contributed by atoms with E-state index in [4.69, 9.17) is 14.2 Å². The van der Waals surface area contributed by atoms with Crippen LogP contribution < -0.4 is 9.47 Å². The van der Waals surface area contributed by atoms with E-state index in [0.29, 0.717) is 42.6 Å². The summed E-state index contributed by atoms with van der Waals surface area (Å²) in [6.45, 7) is 1.36. The third-order valence-corrected chi connectivity index (χ3v) is 5.46. The molecule has 0 atom stereocenters. The highest BCUT2D eigenvalue weighted by molar-refractivity contribution is 7.12. The molecule has 1 aromatic heterocycles. The molecule has 1 saturated heterocycles. The lowest BCUT2D eigenvalue weighted by atomic mass is 10.2. The number of hydrogen-bond acceptors (Lipinski definition) is 7. The maximum Gasteiger partial charge on any atom is 0.338 e. The van der Waals surface area contributed by atoms with Gasteiger partial charge >= 0.3 is 5.97 Å². The third kappa shape index (κ3) is 4.86. The van der Waals surface area contributed by atoms with E-state index < -0.39 is 5.97 Å². The number of piperazine rings is 1. The summed E-state index contributed by atoms with van der Waals surface area (Å²) >= 11 is 1.40. The Morgan fingerprint density at radius 2 is 1.66 bits per heavy atom. The van der Waals surface area contributed by atoms with E-state index in [2.05, 4.69) is 0 Å². The lowest BCUT2D eigenvalue weighted by molar-refractivity contribution is -0.136. The summed E-state index contributed by atoms with van der Waals surface area (Å²) in [7, 11) is 2.97. The fourth-order valence-electron chi connectivity index (χ4n) is 2.98. The molecule has 0 radical (unpaired) electrons. The fraction of sp³-hybridized carbons (Fsp3) is 0.350. The molecule has 3 rings (SSSR count). The van der Waals surface area contributed by atoms with Gasteiger partial charge in [-0.15, -0.1) is 11.3 Å². The van der Waals surface area contributed by atoms with Gasteiger partial charge in [0.2, 0.25) is 0 Å². The summed E-state index contributed by atoms with van der Waals surface area (Å²) in [6.07, 6.45) is 0. The van der Waals surface area contributed by atoms with E-state index in [0.717, 1.165) is 0 Å². The van der Waals surface area contributed by atoms with E-state index in [1.807, 2.05) is 11.4 Å². The highest BCUT2D eigenvalue weighted by atomic mass is 32.1. The molecule has 0 aliphatic carbocycles. The predicted octanol–water partition coefficient (Wildman–Crippen LogP) is 1.91. The minimum absolute atomic E-state index is 0.0213. The average molecular weight is 418 g/mol. The van der Waals surface area contributed by atoms with Crippen LogP contribution in [-0.4, -0.2) is 74.6 Å². The fourth-order valence-corrected chi connectivity index (χ4v) is 3.67. The van der Waals surface area contributed by atoms with Crippen LogP contribution in [0.25, 0.3) is 0 Å². The summed E-state index contributed by atoms with van der Waals surface area (Å²) in [5.74, 6) is -0.0326. The molecular formula is C20H22N2O6S. The third-order valence-electron chi connectivity index (χ3n) is 4.60. The number of rotatable bonds is 6. The topological polar surface area (TPSA) is 85.4 Å². The van der Waals surface area contributed by atoms with E-state index in [1.54, 1.807) is 28.0 Å². The molecule has 0 spiro atoms. The highest BCUT2D eigenvalue weighted by Crippen LogP contribution is 2.27. The highest BCUT2D eigenvalue weighted by Gasteiger charge is 2.26. The summed E-state index contributed by atoms with van der Waals surface area (Å²) in [6, 6.07) is 8.27. The van der Waals surface area contributed by atoms with Gasteiger partial charge in [-0.25, -0.2) is 4.79 Å². The van der Waals surface area contributed by atoms with Crippen molar-refractivity contribution in [3.05, 3.63) is 46.2 Å². The van der Waals surface area contributed by atoms with Crippen molar-refractivity contribution >= 4 is 29.1 Å². The van der Waals surface area contributed by atoms with E-state index in [9.17, 15) is 14.4 Å². The maximum atomic E-state index is 12.4. The first-order chi connectivity index (χ1) is 14.0. The number of methoxy groups -OCH3 is 2. The Kier molecular flexibility index (Phi) is 6.71. The van der Waals surface area contributed by atoms with Crippen LogP contribution in [0.15, 0.2) is 35.7 Å². The molecular weight excluding hydrogens is 396 g/mol. The lowest BCUT2D eigenvalue weighted by Gasteiger charge is -2.34. The number of carbonyl (C=O) groups excluding carboxylic acids is 3. The van der Waals surface area contributed by atoms with Crippen molar-refractivity contribution in [2.45, 2.75) is 0 Å². The Morgan fingerprint density at radius 1 is 0.966 bits per heavy atom. The Labute approximate surface area is 172 Å². The number of nitrogens with zero attached hydrogens (tertiary/aromatic N) is 2. The molecule has 0 unspecified atom stereocenters. The van der Waals surface area contributed by atoms with Crippen LogP contribution in [0.5, 0.6) is 11.5 Å². The van der Waals surface area contributed by atoms with Crippen LogP contribution in [-0.2, 0) is 9.53 Å². The first kappa shape index (κ1) is 20.7. The zero-order chi connectivity index (χ0) is 20.8. The van der Waals surface area contributed by atoms with Gasteiger partial charge in [-0.05, 0) is 29.6 Å². The largest absolute Gasteiger partial charge is 0.493 e. The molecule has 2 heterocycles. The van der Waals surface area contributed by atoms with E-state index in [1.165, 1.54) is 31.6 Å². The van der Waals surface area contributed by atoms with Crippen LogP contribution in [0, 0.1) is 0 Å². The van der Waals surface area contributed by atoms with Crippen LogP contribution in [0.1, 0.15) is 20.0 Å². The second-order valence-corrected chi connectivity index (χ2v) is 7.24. The van der Waals surface area contributed by atoms with Crippen molar-refractivity contribution in [1.29, 1.82) is 0 Å². The Balaban J connectivity index is 1.49. The molecule has 8 nitrogen and oxygen atoms in total. The van der Waals surface area contributed by atoms with Gasteiger partial charge in [0.15, 0.2) is 18.1 Å². The summed E-state index contributed by atoms with van der Waals surface area (Å²) in [5, 5.41) is 1.86. The summed E-state index contributed by atoms with van der Waals surface area (Å²) in [4.78, 5) is 41.0. The molecule has 154 valence electrons. The van der Waals surface area contributed by atoms with Crippen molar-refractivity contribution in [3.8, 4) is 11.5 Å². The molecule has 0 bridgehead atoms. The number of amides is 2. The Bertz CT molecular complexity index is 875. The zero-order valence-corrected chi connectivity index (χ0v) is 17.1. The summed E-state index contributed by atoms with van der Waals surface area (Å²) < 4.78 is 15.4. The van der Waals surface area contributed by atoms with Gasteiger partial charge in [-0.1, -0.05) is 6.07 Å². The summed E-state index contributed by atoms with van der Waals surface area (Å²) in [5.41, 5.74) is 0.266. The van der Waals surface area contributed by atoms with Gasteiger partial charge in [0.05, 0.1) is 24.7 Å². The van der Waals surface area contributed by atoms with Crippen molar-refractivity contribution in [3.63, 3.8) is 0 Å². The molecule has 1 aliphatic heterocycles. The SMILES string of the molecule is COc1ccc(C(=O)OCC(=O)N2CCN(C(=O)c3cccs3)CC2)cc1OC. The first-order valence-corrected chi connectivity index (χ1v) is 9.91. The molecule has 0 N–H and O–H groups in total. The van der Waals surface area contributed by atoms with Crippen molar-refractivity contribution in [2.75, 3.05) is 47.0 Å². The number of benzene rings is 1. The molecule has 2 aromatic rings. The standard InChI is InChI=1S/C20H22N2O6S/c1-26-15-6-5-14(12-16(15)27-2)20(25)28-13-18(23)21-7-9-22(10-8-21)19(24)17-4-3-11-29-17/h3-6,11-12H,7-10,13H2,1-2H3. The van der Waals surface area contributed by atoms with Gasteiger partial charge in [0.25, 0.3) is 11.8 Å². The zero-order valence-electron chi connectivity index (χ0n) is 16.3. The molecule has 2 amide bonds. The van der Waals surface area contributed by atoms with Crippen LogP contribution in [0.4, 0.5) is 0 Å². The first-order valence-electron chi connectivity index (χ1n) is 9.03. The van der Waals surface area contributed by atoms with Crippen LogP contribution in [0.3, 0.4) is 0 Å². The lowest BCUT2D eigenvalue weighted by Crippen LogP contribution is -2.51. The van der Waals surface area contributed by atoms with Gasteiger partial charge in [0, 0.05) is 26.2 Å². The minimum Gasteiger partial charge on any atom is -0.493 e. The van der Waals surface area contributed by atoms with Gasteiger partial charge < -0.3 is 24.0 Å². The van der Waals surface area contributed by atoms with E-state index >= 15 is 0 Å². The molecule has 1 fully saturated rings. The second kappa shape index (κ2) is 9.42. The van der Waals surface area contributed by atoms with Crippen molar-refractivity contribution < 1.29 is 28.6 Å². The smallest absolute Gasteiger partial charge is 0.338 e. The normalized spacial score (nSPS) is 13.7. The molecule has 1 aromatic carbocycles. The monoisotopic (exact) mass is 418 g/mol. The number of thiophene rings is 1. The maximum absolute atomic E-state index is 12.4. The van der Waals surface area contributed by atoms with E-state index in [-0.39, 0.29) is 24.0 Å². The van der Waals surface area contributed by atoms with Gasteiger partial charge in [-0.2, -0.15) is 0 Å². The van der Waals surface area contributed by atoms with Gasteiger partial charge in [0.1, 0.15) is 0 Å². The Hall–Kier alpha value is -3.07. The minimum atomic E-state index is -0.620. The Morgan fingerprint density at radius 3 is 2.28 bits per heavy atom. The average Bonchev–Trinajstić information content (AvgIpc) is 3.31. The molecule has 29 heavy (non-hydrogen) atoms. The number of esters is 1. The second-order valence-electron chi connectivity index (χ2n) is 6.30. The van der Waals surface area contributed by atoms with Crippen LogP contribution in [0.2, 0.25) is 0 Å². The number of hydrogen-bond donors (Lipinski definition) is 0. The number of carbonyl (C=O) groups is 3. The van der Waals surface area contributed by atoms with Crippen molar-refractivity contribution in [2.24, 2.45) is 0 Å². The molecule has 9 heteroatoms. The quantitative estimate of drug-likeness (QED) is 0.667. The van der Waals surface area contributed by atoms with Gasteiger partial charge in [-0.3, -0.25) is 9.59 Å². The molecule has 1 aliphatic rings.